The van der Waals surface area contributed by atoms with Gasteiger partial charge in [0.05, 0.1) is 5.69 Å². The summed E-state index contributed by atoms with van der Waals surface area (Å²) in [6, 6.07) is 17.7. The number of fused-ring (bicyclic) bond motifs is 1. The SMILES string of the molecule is O=C(OCc1ccccc1)N1CCc2ccccc21.O=CO. The highest BCUT2D eigenvalue weighted by molar-refractivity contribution is 5.90. The van der Waals surface area contributed by atoms with Crippen molar-refractivity contribution in [1.29, 1.82) is 0 Å². The number of anilines is 1. The van der Waals surface area contributed by atoms with Crippen LogP contribution >= 0.6 is 0 Å². The molecular formula is C17H17NO4. The van der Waals surface area contributed by atoms with Crippen molar-refractivity contribution in [3.05, 3.63) is 65.7 Å². The highest BCUT2D eigenvalue weighted by atomic mass is 16.6. The van der Waals surface area contributed by atoms with Gasteiger partial charge < -0.3 is 9.84 Å². The third kappa shape index (κ3) is 3.85. The molecule has 1 aliphatic heterocycles. The van der Waals surface area contributed by atoms with Crippen molar-refractivity contribution in [1.82, 2.24) is 0 Å². The first-order valence-electron chi connectivity index (χ1n) is 6.90. The van der Waals surface area contributed by atoms with E-state index >= 15 is 0 Å². The highest BCUT2D eigenvalue weighted by Gasteiger charge is 2.25. The number of nitrogens with zero attached hydrogens (tertiary/aromatic N) is 1. The summed E-state index contributed by atoms with van der Waals surface area (Å²) in [6.07, 6.45) is 0.630. The van der Waals surface area contributed by atoms with E-state index in [0.29, 0.717) is 13.2 Å². The van der Waals surface area contributed by atoms with Gasteiger partial charge in [-0.1, -0.05) is 48.5 Å². The third-order valence-electron chi connectivity index (χ3n) is 3.31. The minimum atomic E-state index is -0.270. The number of ether oxygens (including phenoxy) is 1. The summed E-state index contributed by atoms with van der Waals surface area (Å²) in [5, 5.41) is 6.89. The quantitative estimate of drug-likeness (QED) is 0.865. The molecule has 0 aromatic heterocycles. The largest absolute Gasteiger partial charge is 0.483 e. The minimum Gasteiger partial charge on any atom is -0.483 e. The summed E-state index contributed by atoms with van der Waals surface area (Å²) >= 11 is 0. The first-order valence-corrected chi connectivity index (χ1v) is 6.90. The van der Waals surface area contributed by atoms with Gasteiger partial charge in [-0.3, -0.25) is 9.69 Å². The summed E-state index contributed by atoms with van der Waals surface area (Å²) in [4.78, 5) is 22.2. The number of benzene rings is 2. The van der Waals surface area contributed by atoms with Crippen LogP contribution in [0.1, 0.15) is 11.1 Å². The molecule has 0 saturated heterocycles. The summed E-state index contributed by atoms with van der Waals surface area (Å²) in [7, 11) is 0. The number of amides is 1. The van der Waals surface area contributed by atoms with Crippen molar-refractivity contribution in [2.75, 3.05) is 11.4 Å². The standard InChI is InChI=1S/C16H15NO2.CH2O2/c18-16(19-12-13-6-2-1-3-7-13)17-11-10-14-8-4-5-9-15(14)17;2-1-3/h1-9H,10-12H2;1H,(H,2,3). The lowest BCUT2D eigenvalue weighted by Gasteiger charge is -2.16. The zero-order chi connectivity index (χ0) is 15.8. The van der Waals surface area contributed by atoms with E-state index in [1.54, 1.807) is 4.90 Å². The molecular weight excluding hydrogens is 282 g/mol. The van der Waals surface area contributed by atoms with Crippen LogP contribution < -0.4 is 4.90 Å². The Morgan fingerprint density at radius 1 is 1.14 bits per heavy atom. The Morgan fingerprint density at radius 2 is 1.77 bits per heavy atom. The van der Waals surface area contributed by atoms with Crippen molar-refractivity contribution >= 4 is 18.3 Å². The molecule has 1 N–H and O–H groups in total. The molecule has 0 spiro atoms. The van der Waals surface area contributed by atoms with Crippen LogP contribution in [0.15, 0.2) is 54.6 Å². The Bertz CT molecular complexity index is 628. The molecule has 114 valence electrons. The van der Waals surface area contributed by atoms with Gasteiger partial charge in [0.15, 0.2) is 0 Å². The van der Waals surface area contributed by atoms with E-state index in [1.165, 1.54) is 5.56 Å². The van der Waals surface area contributed by atoms with E-state index in [-0.39, 0.29) is 12.6 Å². The maximum atomic E-state index is 12.1. The van der Waals surface area contributed by atoms with Crippen molar-refractivity contribution in [2.45, 2.75) is 13.0 Å². The molecule has 3 rings (SSSR count). The maximum absolute atomic E-state index is 12.1. The van der Waals surface area contributed by atoms with E-state index in [9.17, 15) is 4.79 Å². The summed E-state index contributed by atoms with van der Waals surface area (Å²) in [5.41, 5.74) is 3.18. The second kappa shape index (κ2) is 7.83. The van der Waals surface area contributed by atoms with Crippen LogP contribution in [0.2, 0.25) is 0 Å². The number of hydrogen-bond donors (Lipinski definition) is 1. The highest BCUT2D eigenvalue weighted by Crippen LogP contribution is 2.27. The zero-order valence-electron chi connectivity index (χ0n) is 12.0. The summed E-state index contributed by atoms with van der Waals surface area (Å²) < 4.78 is 5.36. The molecule has 0 aliphatic carbocycles. The van der Waals surface area contributed by atoms with Crippen LogP contribution in [-0.2, 0) is 22.6 Å². The first kappa shape index (κ1) is 15.6. The van der Waals surface area contributed by atoms with Crippen molar-refractivity contribution in [2.24, 2.45) is 0 Å². The average Bonchev–Trinajstić information content (AvgIpc) is 2.98. The predicted molar refractivity (Wildman–Crippen MR) is 82.8 cm³/mol. The predicted octanol–water partition coefficient (Wildman–Crippen LogP) is 3.09. The molecule has 0 unspecified atom stereocenters. The molecule has 0 saturated carbocycles. The number of carbonyl (C=O) groups excluding carboxylic acids is 1. The Labute approximate surface area is 128 Å². The van der Waals surface area contributed by atoms with Gasteiger partial charge in [-0.15, -0.1) is 0 Å². The monoisotopic (exact) mass is 299 g/mol. The van der Waals surface area contributed by atoms with Gasteiger partial charge in [-0.2, -0.15) is 0 Å². The first-order chi connectivity index (χ1) is 10.8. The average molecular weight is 299 g/mol. The number of carbonyl (C=O) groups is 2. The second-order valence-electron chi connectivity index (χ2n) is 4.68. The van der Waals surface area contributed by atoms with E-state index in [2.05, 4.69) is 6.07 Å². The fourth-order valence-corrected chi connectivity index (χ4v) is 2.33. The van der Waals surface area contributed by atoms with Gasteiger partial charge >= 0.3 is 6.09 Å². The Hall–Kier alpha value is -2.82. The molecule has 1 aliphatic rings. The number of hydrogen-bond acceptors (Lipinski definition) is 3. The van der Waals surface area contributed by atoms with Crippen LogP contribution in [0.4, 0.5) is 10.5 Å². The molecule has 2 aromatic carbocycles. The Kier molecular flexibility index (Phi) is 5.54. The van der Waals surface area contributed by atoms with Crippen molar-refractivity contribution in [3.63, 3.8) is 0 Å². The smallest absolute Gasteiger partial charge is 0.414 e. The molecule has 1 amide bonds. The van der Waals surface area contributed by atoms with Gasteiger partial charge in [0, 0.05) is 6.54 Å². The topological polar surface area (TPSA) is 66.8 Å². The van der Waals surface area contributed by atoms with Crippen LogP contribution in [0.25, 0.3) is 0 Å². The molecule has 22 heavy (non-hydrogen) atoms. The van der Waals surface area contributed by atoms with Crippen LogP contribution in [0.5, 0.6) is 0 Å². The second-order valence-corrected chi connectivity index (χ2v) is 4.68. The number of carboxylic acid groups (broad SMARTS) is 1. The Balaban J connectivity index is 0.000000545. The fourth-order valence-electron chi connectivity index (χ4n) is 2.33. The lowest BCUT2D eigenvalue weighted by molar-refractivity contribution is -0.122. The van der Waals surface area contributed by atoms with Crippen LogP contribution in [0.3, 0.4) is 0 Å². The molecule has 0 radical (unpaired) electrons. The molecule has 0 bridgehead atoms. The van der Waals surface area contributed by atoms with Crippen LogP contribution in [-0.4, -0.2) is 24.2 Å². The maximum Gasteiger partial charge on any atom is 0.414 e. The Morgan fingerprint density at radius 3 is 2.50 bits per heavy atom. The van der Waals surface area contributed by atoms with E-state index < -0.39 is 0 Å². The third-order valence-corrected chi connectivity index (χ3v) is 3.31. The van der Waals surface area contributed by atoms with Gasteiger partial charge in [-0.25, -0.2) is 4.79 Å². The van der Waals surface area contributed by atoms with E-state index in [4.69, 9.17) is 14.6 Å². The van der Waals surface area contributed by atoms with Gasteiger partial charge in [-0.05, 0) is 23.6 Å². The molecule has 0 fully saturated rings. The lowest BCUT2D eigenvalue weighted by atomic mass is 10.2. The molecule has 5 heteroatoms. The fraction of sp³-hybridized carbons (Fsp3) is 0.176. The molecule has 2 aromatic rings. The van der Waals surface area contributed by atoms with Gasteiger partial charge in [0.25, 0.3) is 6.47 Å². The van der Waals surface area contributed by atoms with Crippen molar-refractivity contribution in [3.8, 4) is 0 Å². The normalized spacial score (nSPS) is 11.9. The van der Waals surface area contributed by atoms with E-state index in [0.717, 1.165) is 17.7 Å². The number of rotatable bonds is 2. The van der Waals surface area contributed by atoms with Crippen LogP contribution in [0, 0.1) is 0 Å². The van der Waals surface area contributed by atoms with Gasteiger partial charge in [0.1, 0.15) is 6.61 Å². The lowest BCUT2D eigenvalue weighted by Crippen LogP contribution is -2.29. The number of para-hydroxylation sites is 1. The molecule has 1 heterocycles. The van der Waals surface area contributed by atoms with Crippen molar-refractivity contribution < 1.29 is 19.4 Å². The summed E-state index contributed by atoms with van der Waals surface area (Å²) in [5.74, 6) is 0. The molecule has 5 nitrogen and oxygen atoms in total. The molecule has 0 atom stereocenters. The minimum absolute atomic E-state index is 0.250. The zero-order valence-corrected chi connectivity index (χ0v) is 12.0. The van der Waals surface area contributed by atoms with Gasteiger partial charge in [0.2, 0.25) is 0 Å². The summed E-state index contributed by atoms with van der Waals surface area (Å²) in [6.45, 7) is 0.769. The van der Waals surface area contributed by atoms with E-state index in [1.807, 2.05) is 48.5 Å².